The second kappa shape index (κ2) is 7.71. The van der Waals surface area contributed by atoms with Crippen molar-refractivity contribution in [1.29, 1.82) is 0 Å². The van der Waals surface area contributed by atoms with Crippen LogP contribution >= 0.6 is 0 Å². The summed E-state index contributed by atoms with van der Waals surface area (Å²) in [5.74, 6) is 0.892. The van der Waals surface area contributed by atoms with Crippen LogP contribution in [0.3, 0.4) is 0 Å². The van der Waals surface area contributed by atoms with Crippen LogP contribution in [0.4, 0.5) is 0 Å². The van der Waals surface area contributed by atoms with Crippen molar-refractivity contribution >= 4 is 5.91 Å². The van der Waals surface area contributed by atoms with Gasteiger partial charge in [-0.05, 0) is 17.7 Å². The first kappa shape index (κ1) is 14.5. The monoisotopic (exact) mass is 251 g/mol. The van der Waals surface area contributed by atoms with Gasteiger partial charge in [-0.3, -0.25) is 4.79 Å². The highest BCUT2D eigenvalue weighted by Crippen LogP contribution is 2.12. The average Bonchev–Trinajstić information content (AvgIpc) is 2.37. The quantitative estimate of drug-likeness (QED) is 0.754. The summed E-state index contributed by atoms with van der Waals surface area (Å²) < 4.78 is 10.4. The molecule has 0 saturated heterocycles. The zero-order valence-electron chi connectivity index (χ0n) is 11.2. The Kier molecular flexibility index (Phi) is 6.22. The first-order chi connectivity index (χ1) is 8.63. The Morgan fingerprint density at radius 1 is 1.22 bits per heavy atom. The van der Waals surface area contributed by atoms with Crippen molar-refractivity contribution in [3.05, 3.63) is 29.8 Å². The fourth-order valence-corrected chi connectivity index (χ4v) is 1.34. The number of amides is 1. The number of rotatable bonds is 7. The van der Waals surface area contributed by atoms with E-state index in [-0.39, 0.29) is 11.8 Å². The summed E-state index contributed by atoms with van der Waals surface area (Å²) in [4.78, 5) is 11.4. The number of nitrogens with one attached hydrogen (secondary N) is 1. The van der Waals surface area contributed by atoms with Gasteiger partial charge >= 0.3 is 0 Å². The molecule has 100 valence electrons. The van der Waals surface area contributed by atoms with E-state index in [1.165, 1.54) is 0 Å². The van der Waals surface area contributed by atoms with Crippen molar-refractivity contribution in [1.82, 2.24) is 5.32 Å². The minimum absolute atomic E-state index is 0.0154. The minimum Gasteiger partial charge on any atom is -0.491 e. The zero-order chi connectivity index (χ0) is 13.4. The van der Waals surface area contributed by atoms with Gasteiger partial charge in [-0.2, -0.15) is 0 Å². The van der Waals surface area contributed by atoms with Crippen LogP contribution in [0.2, 0.25) is 0 Å². The third-order valence-corrected chi connectivity index (χ3v) is 2.47. The molecule has 0 saturated carbocycles. The lowest BCUT2D eigenvalue weighted by Crippen LogP contribution is -2.27. The zero-order valence-corrected chi connectivity index (χ0v) is 11.2. The predicted molar refractivity (Wildman–Crippen MR) is 70.5 cm³/mol. The first-order valence-corrected chi connectivity index (χ1v) is 6.12. The van der Waals surface area contributed by atoms with Crippen molar-refractivity contribution in [3.8, 4) is 5.75 Å². The molecule has 0 radical (unpaired) electrons. The predicted octanol–water partition coefficient (Wildman–Crippen LogP) is 1.98. The molecule has 1 aromatic rings. The van der Waals surface area contributed by atoms with E-state index in [4.69, 9.17) is 9.47 Å². The fourth-order valence-electron chi connectivity index (χ4n) is 1.34. The number of carbonyl (C=O) groups is 1. The molecule has 0 aromatic heterocycles. The van der Waals surface area contributed by atoms with Gasteiger partial charge in [0.1, 0.15) is 12.4 Å². The Bertz CT molecular complexity index is 360. The fraction of sp³-hybridized carbons (Fsp3) is 0.500. The van der Waals surface area contributed by atoms with Gasteiger partial charge in [0.2, 0.25) is 5.91 Å². The maximum atomic E-state index is 11.4. The second-order valence-corrected chi connectivity index (χ2v) is 4.36. The SMILES string of the molecule is COCCOc1ccc(CNC(=O)C(C)C)cc1. The highest BCUT2D eigenvalue weighted by molar-refractivity contribution is 5.77. The Morgan fingerprint density at radius 2 is 1.89 bits per heavy atom. The summed E-state index contributed by atoms with van der Waals surface area (Å²) in [6.45, 7) is 5.42. The number of hydrogen-bond donors (Lipinski definition) is 1. The van der Waals surface area contributed by atoms with Crippen molar-refractivity contribution in [2.75, 3.05) is 20.3 Å². The molecule has 4 nitrogen and oxygen atoms in total. The molecule has 0 spiro atoms. The molecule has 1 N–H and O–H groups in total. The van der Waals surface area contributed by atoms with Crippen LogP contribution in [0.25, 0.3) is 0 Å². The molecule has 0 aliphatic heterocycles. The number of carbonyl (C=O) groups excluding carboxylic acids is 1. The van der Waals surface area contributed by atoms with E-state index in [2.05, 4.69) is 5.32 Å². The molecule has 18 heavy (non-hydrogen) atoms. The maximum absolute atomic E-state index is 11.4. The van der Waals surface area contributed by atoms with E-state index >= 15 is 0 Å². The normalized spacial score (nSPS) is 10.4. The third-order valence-electron chi connectivity index (χ3n) is 2.47. The summed E-state index contributed by atoms with van der Waals surface area (Å²) in [6, 6.07) is 7.69. The highest BCUT2D eigenvalue weighted by Gasteiger charge is 2.05. The lowest BCUT2D eigenvalue weighted by atomic mass is 10.2. The van der Waals surface area contributed by atoms with Crippen LogP contribution in [-0.4, -0.2) is 26.2 Å². The van der Waals surface area contributed by atoms with Gasteiger partial charge in [-0.25, -0.2) is 0 Å². The molecule has 0 unspecified atom stereocenters. The van der Waals surface area contributed by atoms with Crippen LogP contribution in [-0.2, 0) is 16.1 Å². The van der Waals surface area contributed by atoms with Crippen molar-refractivity contribution in [2.45, 2.75) is 20.4 Å². The molecule has 0 atom stereocenters. The number of methoxy groups -OCH3 is 1. The molecule has 0 aliphatic rings. The van der Waals surface area contributed by atoms with E-state index in [9.17, 15) is 4.79 Å². The molecule has 1 amide bonds. The topological polar surface area (TPSA) is 47.6 Å². The molecular weight excluding hydrogens is 230 g/mol. The lowest BCUT2D eigenvalue weighted by Gasteiger charge is -2.09. The van der Waals surface area contributed by atoms with Crippen LogP contribution in [0.15, 0.2) is 24.3 Å². The Balaban J connectivity index is 2.38. The maximum Gasteiger partial charge on any atom is 0.222 e. The molecule has 1 aromatic carbocycles. The van der Waals surface area contributed by atoms with Crippen molar-refractivity contribution in [3.63, 3.8) is 0 Å². The largest absolute Gasteiger partial charge is 0.491 e. The highest BCUT2D eigenvalue weighted by atomic mass is 16.5. The number of hydrogen-bond acceptors (Lipinski definition) is 3. The van der Waals surface area contributed by atoms with Gasteiger partial charge < -0.3 is 14.8 Å². The van der Waals surface area contributed by atoms with Crippen LogP contribution in [0.5, 0.6) is 5.75 Å². The van der Waals surface area contributed by atoms with E-state index < -0.39 is 0 Å². The molecule has 0 fully saturated rings. The summed E-state index contributed by atoms with van der Waals surface area (Å²) >= 11 is 0. The van der Waals surface area contributed by atoms with E-state index in [1.54, 1.807) is 7.11 Å². The number of benzene rings is 1. The lowest BCUT2D eigenvalue weighted by molar-refractivity contribution is -0.124. The standard InChI is InChI=1S/C14H21NO3/c1-11(2)14(16)15-10-12-4-6-13(7-5-12)18-9-8-17-3/h4-7,11H,8-10H2,1-3H3,(H,15,16). The second-order valence-electron chi connectivity index (χ2n) is 4.36. The van der Waals surface area contributed by atoms with E-state index in [1.807, 2.05) is 38.1 Å². The minimum atomic E-state index is 0.0154. The molecule has 0 bridgehead atoms. The van der Waals surface area contributed by atoms with Gasteiger partial charge in [0, 0.05) is 19.6 Å². The Labute approximate surface area is 108 Å². The molecule has 0 heterocycles. The summed E-state index contributed by atoms with van der Waals surface area (Å²) in [6.07, 6.45) is 0. The van der Waals surface area contributed by atoms with Gasteiger partial charge in [-0.1, -0.05) is 26.0 Å². The Hall–Kier alpha value is -1.55. The summed E-state index contributed by atoms with van der Waals surface area (Å²) in [5.41, 5.74) is 1.06. The first-order valence-electron chi connectivity index (χ1n) is 6.12. The van der Waals surface area contributed by atoms with Crippen LogP contribution < -0.4 is 10.1 Å². The third kappa shape index (κ3) is 5.19. The van der Waals surface area contributed by atoms with Crippen LogP contribution in [0.1, 0.15) is 19.4 Å². The smallest absolute Gasteiger partial charge is 0.222 e. The van der Waals surface area contributed by atoms with Gasteiger partial charge in [0.25, 0.3) is 0 Å². The Morgan fingerprint density at radius 3 is 2.44 bits per heavy atom. The van der Waals surface area contributed by atoms with Gasteiger partial charge in [0.15, 0.2) is 0 Å². The van der Waals surface area contributed by atoms with Crippen molar-refractivity contribution in [2.24, 2.45) is 5.92 Å². The average molecular weight is 251 g/mol. The van der Waals surface area contributed by atoms with E-state index in [0.717, 1.165) is 11.3 Å². The summed E-state index contributed by atoms with van der Waals surface area (Å²) in [7, 11) is 1.64. The molecular formula is C14H21NO3. The molecule has 4 heteroatoms. The van der Waals surface area contributed by atoms with E-state index in [0.29, 0.717) is 19.8 Å². The molecule has 1 rings (SSSR count). The number of ether oxygens (including phenoxy) is 2. The van der Waals surface area contributed by atoms with Crippen molar-refractivity contribution < 1.29 is 14.3 Å². The van der Waals surface area contributed by atoms with Gasteiger partial charge in [0.05, 0.1) is 6.61 Å². The van der Waals surface area contributed by atoms with Crippen LogP contribution in [0, 0.1) is 5.92 Å². The summed E-state index contributed by atoms with van der Waals surface area (Å²) in [5, 5.41) is 2.87. The van der Waals surface area contributed by atoms with Gasteiger partial charge in [-0.15, -0.1) is 0 Å². The molecule has 0 aliphatic carbocycles.